The molecule has 0 aliphatic rings. The molecular formula is C18H20N8O7. The molecule has 3 aromatic rings. The second-order valence-corrected chi connectivity index (χ2v) is 6.45. The zero-order chi connectivity index (χ0) is 24.2. The van der Waals surface area contributed by atoms with Crippen molar-refractivity contribution in [1.29, 1.82) is 0 Å². The zero-order valence-electron chi connectivity index (χ0n) is 17.6. The predicted octanol–water partition coefficient (Wildman–Crippen LogP) is -0.479. The largest absolute Gasteiger partial charge is 0.494 e. The minimum atomic E-state index is -3.50. The molecule has 174 valence electrons. The van der Waals surface area contributed by atoms with Gasteiger partial charge in [-0.3, -0.25) is 20.1 Å². The van der Waals surface area contributed by atoms with Gasteiger partial charge in [-0.05, 0) is 12.1 Å². The van der Waals surface area contributed by atoms with Crippen LogP contribution in [0.5, 0.6) is 5.75 Å². The molecule has 15 nitrogen and oxygen atoms in total. The maximum atomic E-state index is 12.4. The molecule has 2 heterocycles. The van der Waals surface area contributed by atoms with Crippen LogP contribution in [-0.2, 0) is 11.8 Å². The Morgan fingerprint density at radius 1 is 1.12 bits per heavy atom. The van der Waals surface area contributed by atoms with Gasteiger partial charge in [0.2, 0.25) is 0 Å². The number of hydrogen-bond donors (Lipinski definition) is 6. The quantitative estimate of drug-likeness (QED) is 0.247. The summed E-state index contributed by atoms with van der Waals surface area (Å²) in [5.74, 6) is -0.591. The van der Waals surface area contributed by atoms with Crippen LogP contribution in [0.3, 0.4) is 0 Å². The van der Waals surface area contributed by atoms with Crippen LogP contribution < -0.4 is 20.7 Å². The molecule has 0 aliphatic carbocycles. The number of aryl methyl sites for hydroxylation is 1. The topological polar surface area (TPSA) is 206 Å². The molecule has 3 rings (SSSR count). The minimum absolute atomic E-state index is 0.0393. The van der Waals surface area contributed by atoms with E-state index in [1.165, 1.54) is 29.5 Å². The van der Waals surface area contributed by atoms with Gasteiger partial charge in [0, 0.05) is 13.1 Å². The van der Waals surface area contributed by atoms with Gasteiger partial charge >= 0.3 is 12.2 Å². The summed E-state index contributed by atoms with van der Waals surface area (Å²) in [6.07, 6.45) is -2.82. The van der Waals surface area contributed by atoms with Gasteiger partial charge in [-0.1, -0.05) is 6.07 Å². The van der Waals surface area contributed by atoms with E-state index >= 15 is 0 Å². The van der Waals surface area contributed by atoms with Crippen LogP contribution in [0.15, 0.2) is 30.6 Å². The minimum Gasteiger partial charge on any atom is -0.494 e. The number of anilines is 3. The molecule has 0 radical (unpaired) electrons. The molecule has 0 atom stereocenters. The van der Waals surface area contributed by atoms with Gasteiger partial charge in [0.1, 0.15) is 6.33 Å². The van der Waals surface area contributed by atoms with Crippen LogP contribution >= 0.6 is 0 Å². The molecule has 0 fully saturated rings. The van der Waals surface area contributed by atoms with E-state index in [-0.39, 0.29) is 11.5 Å². The van der Waals surface area contributed by atoms with Crippen molar-refractivity contribution in [2.24, 2.45) is 7.05 Å². The Bertz CT molecular complexity index is 1170. The number of carbonyl (C=O) groups excluding carboxylic acids is 2. The van der Waals surface area contributed by atoms with E-state index in [1.807, 2.05) is 0 Å². The number of nitrogens with zero attached hydrogens (tertiary/aromatic N) is 5. The van der Waals surface area contributed by atoms with Gasteiger partial charge in [-0.2, -0.15) is 5.10 Å². The maximum absolute atomic E-state index is 12.4. The van der Waals surface area contributed by atoms with E-state index in [0.29, 0.717) is 22.8 Å². The third-order valence-electron chi connectivity index (χ3n) is 4.03. The Morgan fingerprint density at radius 3 is 2.48 bits per heavy atom. The van der Waals surface area contributed by atoms with Crippen molar-refractivity contribution in [2.75, 3.05) is 24.9 Å². The van der Waals surface area contributed by atoms with Gasteiger partial charge in [0.05, 0.1) is 31.2 Å². The lowest BCUT2D eigenvalue weighted by Crippen LogP contribution is -2.48. The van der Waals surface area contributed by atoms with E-state index in [4.69, 9.17) is 20.1 Å². The molecule has 15 heteroatoms. The smallest absolute Gasteiger partial charge is 0.412 e. The molecular weight excluding hydrogens is 440 g/mol. The zero-order valence-corrected chi connectivity index (χ0v) is 17.6. The molecule has 0 unspecified atom stereocenters. The molecule has 6 N–H and O–H groups in total. The van der Waals surface area contributed by atoms with Crippen LogP contribution in [0.1, 0.15) is 10.5 Å². The molecule has 0 spiro atoms. The number of carbonyl (C=O) groups is 2. The highest BCUT2D eigenvalue weighted by atomic mass is 16.7. The average molecular weight is 460 g/mol. The van der Waals surface area contributed by atoms with E-state index in [1.54, 1.807) is 25.2 Å². The average Bonchev–Trinajstić information content (AvgIpc) is 3.18. The molecule has 0 saturated carbocycles. The Hall–Kier alpha value is -4.34. The molecule has 33 heavy (non-hydrogen) atoms. The van der Waals surface area contributed by atoms with Crippen molar-refractivity contribution < 1.29 is 34.4 Å². The summed E-state index contributed by atoms with van der Waals surface area (Å²) in [7, 11) is 4.28. The number of hydrogen-bond acceptors (Lipinski definition) is 12. The Labute approximate surface area is 186 Å². The fourth-order valence-corrected chi connectivity index (χ4v) is 2.72. The van der Waals surface area contributed by atoms with E-state index in [2.05, 4.69) is 35.7 Å². The Morgan fingerprint density at radius 2 is 1.88 bits per heavy atom. The second kappa shape index (κ2) is 9.43. The highest BCUT2D eigenvalue weighted by Crippen LogP contribution is 2.37. The maximum Gasteiger partial charge on any atom is 0.412 e. The number of aliphatic hydroxyl groups is 3. The van der Waals surface area contributed by atoms with Crippen LogP contribution in [0.25, 0.3) is 11.4 Å². The van der Waals surface area contributed by atoms with Gasteiger partial charge in [0.25, 0.3) is 5.91 Å². The number of methoxy groups -OCH3 is 2. The molecule has 0 aliphatic heterocycles. The van der Waals surface area contributed by atoms with Gasteiger partial charge < -0.3 is 30.1 Å². The van der Waals surface area contributed by atoms with Gasteiger partial charge in [0.15, 0.2) is 23.1 Å². The fraction of sp³-hybridized carbons (Fsp3) is 0.222. The summed E-state index contributed by atoms with van der Waals surface area (Å²) >= 11 is 0. The molecule has 0 bridgehead atoms. The fourth-order valence-electron chi connectivity index (χ4n) is 2.72. The summed E-state index contributed by atoms with van der Waals surface area (Å²) in [5.41, 5.74) is 0.388. The van der Waals surface area contributed by atoms with Crippen LogP contribution in [0.4, 0.5) is 22.0 Å². The molecule has 0 saturated heterocycles. The summed E-state index contributed by atoms with van der Waals surface area (Å²) in [5, 5.41) is 45.6. The number of amides is 2. The van der Waals surface area contributed by atoms with Crippen LogP contribution in [-0.4, -0.2) is 72.6 Å². The number of ether oxygens (including phenoxy) is 2. The normalized spacial score (nSPS) is 11.0. The van der Waals surface area contributed by atoms with Crippen molar-refractivity contribution in [2.45, 2.75) is 6.10 Å². The first-order valence-corrected chi connectivity index (χ1v) is 9.13. The van der Waals surface area contributed by atoms with Crippen molar-refractivity contribution in [3.8, 4) is 17.1 Å². The lowest BCUT2D eigenvalue weighted by atomic mass is 10.1. The number of benzene rings is 1. The molecule has 1 aromatic carbocycles. The number of para-hydroxylation sites is 1. The van der Waals surface area contributed by atoms with E-state index < -0.39 is 23.8 Å². The van der Waals surface area contributed by atoms with E-state index in [0.717, 1.165) is 7.11 Å². The third-order valence-corrected chi connectivity index (χ3v) is 4.03. The first kappa shape index (κ1) is 23.3. The third kappa shape index (κ3) is 5.67. The first-order valence-electron chi connectivity index (χ1n) is 9.13. The van der Waals surface area contributed by atoms with Gasteiger partial charge in [-0.15, -0.1) is 10.2 Å². The first-order chi connectivity index (χ1) is 15.6. The SMILES string of the molecule is COC(=O)Nc1cc(Nc2cccc(-c3ncn(C)n3)c2OC)c(C(=O)NC(O)(O)O)nn1. The van der Waals surface area contributed by atoms with Crippen molar-refractivity contribution in [3.05, 3.63) is 36.3 Å². The highest BCUT2D eigenvalue weighted by Gasteiger charge is 2.26. The summed E-state index contributed by atoms with van der Waals surface area (Å²) < 4.78 is 11.5. The standard InChI is InChI=1S/C18H20N8O7/c1-26-8-19-15(25-26)9-5-4-6-10(14(9)32-2)20-11-7-12(21-17(28)33-3)23-24-13(11)16(27)22-18(29,30)31/h4-8,29-31H,1-3H3,(H,22,27)(H2,20,21,23,28). The lowest BCUT2D eigenvalue weighted by Gasteiger charge is -2.18. The van der Waals surface area contributed by atoms with Crippen molar-refractivity contribution in [3.63, 3.8) is 0 Å². The molecule has 2 amide bonds. The second-order valence-electron chi connectivity index (χ2n) is 6.45. The number of rotatable bonds is 7. The van der Waals surface area contributed by atoms with Gasteiger partial charge in [-0.25, -0.2) is 9.78 Å². The number of nitrogens with one attached hydrogen (secondary N) is 3. The van der Waals surface area contributed by atoms with Crippen molar-refractivity contribution in [1.82, 2.24) is 30.3 Å². The van der Waals surface area contributed by atoms with E-state index in [9.17, 15) is 9.59 Å². The highest BCUT2D eigenvalue weighted by molar-refractivity contribution is 5.99. The molecule has 2 aromatic heterocycles. The Kier molecular flexibility index (Phi) is 6.67. The summed E-state index contributed by atoms with van der Waals surface area (Å²) in [6, 6.07) is 6.26. The predicted molar refractivity (Wildman–Crippen MR) is 111 cm³/mol. The lowest BCUT2D eigenvalue weighted by molar-refractivity contribution is -0.323. The summed E-state index contributed by atoms with van der Waals surface area (Å²) in [4.78, 5) is 28.1. The summed E-state index contributed by atoms with van der Waals surface area (Å²) in [6.45, 7) is 0. The monoisotopic (exact) mass is 460 g/mol. The van der Waals surface area contributed by atoms with Crippen LogP contribution in [0.2, 0.25) is 0 Å². The van der Waals surface area contributed by atoms with Crippen molar-refractivity contribution >= 4 is 29.2 Å². The Balaban J connectivity index is 2.06. The number of aromatic nitrogens is 5. The van der Waals surface area contributed by atoms with Crippen LogP contribution in [0, 0.1) is 0 Å².